The van der Waals surface area contributed by atoms with Gasteiger partial charge in [-0.05, 0) is 25.6 Å². The molecule has 0 spiro atoms. The van der Waals surface area contributed by atoms with E-state index in [9.17, 15) is 10.1 Å². The van der Waals surface area contributed by atoms with Crippen LogP contribution >= 0.6 is 11.8 Å². The molecule has 2 aromatic rings. The van der Waals surface area contributed by atoms with Crippen molar-refractivity contribution in [3.05, 3.63) is 21.6 Å². The maximum atomic E-state index is 11.0. The molecule has 0 unspecified atom stereocenters. The number of nitrogens with zero attached hydrogens (tertiary/aromatic N) is 5. The first-order valence-corrected chi connectivity index (χ1v) is 5.89. The summed E-state index contributed by atoms with van der Waals surface area (Å²) < 4.78 is 0. The average molecular weight is 282 g/mol. The van der Waals surface area contributed by atoms with Gasteiger partial charge in [0.25, 0.3) is 0 Å². The molecule has 10 nitrogen and oxygen atoms in total. The van der Waals surface area contributed by atoms with Crippen LogP contribution in [0.4, 0.5) is 11.6 Å². The van der Waals surface area contributed by atoms with Gasteiger partial charge in [-0.3, -0.25) is 20.6 Å². The van der Waals surface area contributed by atoms with Gasteiger partial charge in [0.2, 0.25) is 11.1 Å². The topological polar surface area (TPSA) is 149 Å². The Balaban J connectivity index is 2.47. The molecule has 100 valence electrons. The fourth-order valence-corrected chi connectivity index (χ4v) is 2.24. The Kier molecular flexibility index (Phi) is 3.57. The predicted octanol–water partition coefficient (Wildman–Crippen LogP) is 0.557. The van der Waals surface area contributed by atoms with Crippen LogP contribution in [-0.2, 0) is 0 Å². The molecule has 0 atom stereocenters. The fraction of sp³-hybridized carbons (Fsp3) is 0.250. The van der Waals surface area contributed by atoms with E-state index in [4.69, 9.17) is 5.84 Å². The SMILES string of the molecule is Cc1nc(Sc2nc(NN)nc(C)c2[N+](=O)[O-])n[nH]1. The number of nitrogens with two attached hydrogens (primary N) is 1. The van der Waals surface area contributed by atoms with Crippen LogP contribution in [0.3, 0.4) is 0 Å². The van der Waals surface area contributed by atoms with E-state index in [2.05, 4.69) is 30.6 Å². The molecule has 0 aliphatic rings. The molecule has 0 aromatic carbocycles. The zero-order valence-corrected chi connectivity index (χ0v) is 10.9. The Hall–Kier alpha value is -2.27. The molecule has 4 N–H and O–H groups in total. The van der Waals surface area contributed by atoms with Gasteiger partial charge < -0.3 is 0 Å². The Morgan fingerprint density at radius 1 is 1.37 bits per heavy atom. The summed E-state index contributed by atoms with van der Waals surface area (Å²) in [6, 6.07) is 0. The number of hydrogen-bond acceptors (Lipinski definition) is 9. The van der Waals surface area contributed by atoms with Crippen LogP contribution in [0.2, 0.25) is 0 Å². The van der Waals surface area contributed by atoms with Crippen molar-refractivity contribution in [2.75, 3.05) is 5.43 Å². The van der Waals surface area contributed by atoms with Crippen LogP contribution in [0.25, 0.3) is 0 Å². The van der Waals surface area contributed by atoms with Gasteiger partial charge in [-0.1, -0.05) is 0 Å². The molecule has 0 aliphatic carbocycles. The zero-order chi connectivity index (χ0) is 14.0. The lowest BCUT2D eigenvalue weighted by Crippen LogP contribution is -2.12. The lowest BCUT2D eigenvalue weighted by Gasteiger charge is -2.04. The number of aromatic nitrogens is 5. The standard InChI is InChI=1S/C8H10N8O2S/c1-3-5(16(17)18)6(12-7(10-3)13-9)19-8-11-4(2)14-15-8/h9H2,1-2H3,(H,10,12,13)(H,11,14,15). The third-order valence-electron chi connectivity index (χ3n) is 2.10. The summed E-state index contributed by atoms with van der Waals surface area (Å²) in [5.41, 5.74) is 2.28. The van der Waals surface area contributed by atoms with Crippen LogP contribution in [0, 0.1) is 24.0 Å². The molecule has 0 bridgehead atoms. The van der Waals surface area contributed by atoms with Crippen molar-refractivity contribution < 1.29 is 4.92 Å². The maximum absolute atomic E-state index is 11.0. The van der Waals surface area contributed by atoms with Crippen LogP contribution < -0.4 is 11.3 Å². The number of rotatable bonds is 4. The monoisotopic (exact) mass is 282 g/mol. The number of aryl methyl sites for hydroxylation is 2. The minimum absolute atomic E-state index is 0.0952. The Morgan fingerprint density at radius 2 is 2.11 bits per heavy atom. The first kappa shape index (κ1) is 13.2. The molecule has 0 saturated heterocycles. The number of nitro groups is 1. The number of aromatic amines is 1. The van der Waals surface area contributed by atoms with Gasteiger partial charge in [-0.15, -0.1) is 5.10 Å². The van der Waals surface area contributed by atoms with Crippen molar-refractivity contribution in [3.8, 4) is 0 Å². The lowest BCUT2D eigenvalue weighted by molar-refractivity contribution is -0.389. The maximum Gasteiger partial charge on any atom is 0.322 e. The molecule has 2 heterocycles. The molecule has 0 aliphatic heterocycles. The summed E-state index contributed by atoms with van der Waals surface area (Å²) in [7, 11) is 0. The minimum atomic E-state index is -0.544. The summed E-state index contributed by atoms with van der Waals surface area (Å²) >= 11 is 0.965. The molecular formula is C8H10N8O2S. The fourth-order valence-electron chi connectivity index (χ4n) is 1.34. The van der Waals surface area contributed by atoms with E-state index in [1.54, 1.807) is 6.92 Å². The van der Waals surface area contributed by atoms with Crippen molar-refractivity contribution in [2.24, 2.45) is 5.84 Å². The van der Waals surface area contributed by atoms with Crippen molar-refractivity contribution >= 4 is 23.4 Å². The predicted molar refractivity (Wildman–Crippen MR) is 66.5 cm³/mol. The smallest absolute Gasteiger partial charge is 0.292 e. The first-order chi connectivity index (χ1) is 9.01. The van der Waals surface area contributed by atoms with Crippen LogP contribution in [0.1, 0.15) is 11.5 Å². The second kappa shape index (κ2) is 5.16. The number of hydrogen-bond donors (Lipinski definition) is 3. The van der Waals surface area contributed by atoms with E-state index < -0.39 is 4.92 Å². The molecule has 0 fully saturated rings. The van der Waals surface area contributed by atoms with Gasteiger partial charge in [-0.25, -0.2) is 15.8 Å². The summed E-state index contributed by atoms with van der Waals surface area (Å²) in [5.74, 6) is 5.92. The van der Waals surface area contributed by atoms with Gasteiger partial charge in [-0.2, -0.15) is 4.98 Å². The minimum Gasteiger partial charge on any atom is -0.292 e. The van der Waals surface area contributed by atoms with E-state index in [1.807, 2.05) is 0 Å². The quantitative estimate of drug-likeness (QED) is 0.316. The number of nitrogens with one attached hydrogen (secondary N) is 2. The summed E-state index contributed by atoms with van der Waals surface area (Å²) in [6.07, 6.45) is 0. The number of nitrogen functional groups attached to an aromatic ring is 1. The van der Waals surface area contributed by atoms with Crippen LogP contribution in [-0.4, -0.2) is 30.1 Å². The largest absolute Gasteiger partial charge is 0.322 e. The highest BCUT2D eigenvalue weighted by Gasteiger charge is 2.24. The van der Waals surface area contributed by atoms with E-state index >= 15 is 0 Å². The van der Waals surface area contributed by atoms with Gasteiger partial charge in [0.05, 0.1) is 4.92 Å². The van der Waals surface area contributed by atoms with Crippen LogP contribution in [0.5, 0.6) is 0 Å². The van der Waals surface area contributed by atoms with Crippen LogP contribution in [0.15, 0.2) is 10.2 Å². The molecule has 19 heavy (non-hydrogen) atoms. The lowest BCUT2D eigenvalue weighted by atomic mass is 10.4. The summed E-state index contributed by atoms with van der Waals surface area (Å²) in [6.45, 7) is 3.23. The van der Waals surface area contributed by atoms with Gasteiger partial charge in [0, 0.05) is 0 Å². The highest BCUT2D eigenvalue weighted by Crippen LogP contribution is 2.33. The molecular weight excluding hydrogens is 272 g/mol. The van der Waals surface area contributed by atoms with Crippen molar-refractivity contribution in [1.82, 2.24) is 25.1 Å². The number of anilines is 1. The zero-order valence-electron chi connectivity index (χ0n) is 10.0. The van der Waals surface area contributed by atoms with E-state index in [-0.39, 0.29) is 22.4 Å². The average Bonchev–Trinajstić information content (AvgIpc) is 2.73. The van der Waals surface area contributed by atoms with Gasteiger partial charge >= 0.3 is 5.69 Å². The van der Waals surface area contributed by atoms with E-state index in [0.29, 0.717) is 11.0 Å². The van der Waals surface area contributed by atoms with E-state index in [1.165, 1.54) is 6.92 Å². The molecule has 11 heteroatoms. The second-order valence-electron chi connectivity index (χ2n) is 3.49. The number of hydrazine groups is 1. The first-order valence-electron chi connectivity index (χ1n) is 5.07. The Labute approximate surface area is 111 Å². The third kappa shape index (κ3) is 2.77. The highest BCUT2D eigenvalue weighted by atomic mass is 32.2. The van der Waals surface area contributed by atoms with Crippen molar-refractivity contribution in [1.29, 1.82) is 0 Å². The normalized spacial score (nSPS) is 10.5. The number of H-pyrrole nitrogens is 1. The third-order valence-corrected chi connectivity index (χ3v) is 2.95. The van der Waals surface area contributed by atoms with Crippen molar-refractivity contribution in [2.45, 2.75) is 24.0 Å². The van der Waals surface area contributed by atoms with Gasteiger partial charge in [0.1, 0.15) is 11.5 Å². The summed E-state index contributed by atoms with van der Waals surface area (Å²) in [5, 5.41) is 18.0. The Morgan fingerprint density at radius 3 is 2.63 bits per heavy atom. The second-order valence-corrected chi connectivity index (χ2v) is 4.45. The van der Waals surface area contributed by atoms with Crippen molar-refractivity contribution in [3.63, 3.8) is 0 Å². The van der Waals surface area contributed by atoms with E-state index in [0.717, 1.165) is 11.8 Å². The van der Waals surface area contributed by atoms with Gasteiger partial charge in [0.15, 0.2) is 5.03 Å². The molecule has 2 aromatic heterocycles. The molecule has 0 radical (unpaired) electrons. The molecule has 2 rings (SSSR count). The highest BCUT2D eigenvalue weighted by molar-refractivity contribution is 7.99. The molecule has 0 saturated carbocycles. The Bertz CT molecular complexity index is 627. The molecule has 0 amide bonds. The summed E-state index contributed by atoms with van der Waals surface area (Å²) in [4.78, 5) is 22.4.